The molecule has 0 aromatic heterocycles. The molecule has 0 bridgehead atoms. The van der Waals surface area contributed by atoms with Crippen LogP contribution in [0.25, 0.3) is 0 Å². The number of benzene rings is 1. The third-order valence-electron chi connectivity index (χ3n) is 4.04. The second-order valence-corrected chi connectivity index (χ2v) is 5.95. The Balaban J connectivity index is 1.87. The fourth-order valence-corrected chi connectivity index (χ4v) is 2.55. The predicted octanol–water partition coefficient (Wildman–Crippen LogP) is 1.25. The van der Waals surface area contributed by atoms with E-state index in [0.29, 0.717) is 12.3 Å². The summed E-state index contributed by atoms with van der Waals surface area (Å²) < 4.78 is 0. The smallest absolute Gasteiger partial charge is 0.115 e. The van der Waals surface area contributed by atoms with Gasteiger partial charge < -0.3 is 10.8 Å². The monoisotopic (exact) mass is 263 g/mol. The van der Waals surface area contributed by atoms with E-state index in [-0.39, 0.29) is 5.54 Å². The van der Waals surface area contributed by atoms with Gasteiger partial charge >= 0.3 is 0 Å². The highest BCUT2D eigenvalue weighted by atomic mass is 16.3. The molecule has 4 nitrogen and oxygen atoms in total. The van der Waals surface area contributed by atoms with Crippen LogP contribution in [0.2, 0.25) is 0 Å². The van der Waals surface area contributed by atoms with Crippen molar-refractivity contribution >= 4 is 0 Å². The molecule has 0 aliphatic carbocycles. The number of piperazine rings is 1. The standard InChI is InChI=1S/C15H25N3O/c1-15(2,12-16)18-8-6-17(7-9-18)11-13-4-3-5-14(19)10-13/h3-5,10,19H,6-9,11-12,16H2,1-2H3. The van der Waals surface area contributed by atoms with Crippen molar-refractivity contribution in [2.75, 3.05) is 32.7 Å². The van der Waals surface area contributed by atoms with E-state index in [4.69, 9.17) is 5.73 Å². The SMILES string of the molecule is CC(C)(CN)N1CCN(Cc2cccc(O)c2)CC1. The van der Waals surface area contributed by atoms with Gasteiger partial charge in [-0.3, -0.25) is 9.80 Å². The van der Waals surface area contributed by atoms with E-state index in [2.05, 4.69) is 29.7 Å². The Morgan fingerprint density at radius 3 is 2.47 bits per heavy atom. The summed E-state index contributed by atoms with van der Waals surface area (Å²) in [5.74, 6) is 0.348. The molecule has 0 atom stereocenters. The third-order valence-corrected chi connectivity index (χ3v) is 4.04. The van der Waals surface area contributed by atoms with E-state index in [1.165, 1.54) is 5.56 Å². The maximum absolute atomic E-state index is 9.48. The quantitative estimate of drug-likeness (QED) is 0.858. The Hall–Kier alpha value is -1.10. The van der Waals surface area contributed by atoms with Crippen LogP contribution < -0.4 is 5.73 Å². The number of phenols is 1. The van der Waals surface area contributed by atoms with E-state index in [0.717, 1.165) is 32.7 Å². The second kappa shape index (κ2) is 5.90. The highest BCUT2D eigenvalue weighted by Gasteiger charge is 2.28. The van der Waals surface area contributed by atoms with E-state index in [9.17, 15) is 5.11 Å². The minimum atomic E-state index is 0.0944. The lowest BCUT2D eigenvalue weighted by molar-refractivity contribution is 0.0537. The van der Waals surface area contributed by atoms with Gasteiger partial charge in [0.25, 0.3) is 0 Å². The summed E-state index contributed by atoms with van der Waals surface area (Å²) in [6.45, 7) is 10.2. The van der Waals surface area contributed by atoms with Crippen LogP contribution in [0.3, 0.4) is 0 Å². The first kappa shape index (κ1) is 14.3. The van der Waals surface area contributed by atoms with Gasteiger partial charge in [0.15, 0.2) is 0 Å². The van der Waals surface area contributed by atoms with Crippen LogP contribution in [-0.2, 0) is 6.54 Å². The first-order chi connectivity index (χ1) is 9.01. The molecular weight excluding hydrogens is 238 g/mol. The molecule has 1 heterocycles. The summed E-state index contributed by atoms with van der Waals surface area (Å²) in [7, 11) is 0. The van der Waals surface area contributed by atoms with Crippen LogP contribution in [0.15, 0.2) is 24.3 Å². The summed E-state index contributed by atoms with van der Waals surface area (Å²) in [4.78, 5) is 4.89. The third kappa shape index (κ3) is 3.69. The Morgan fingerprint density at radius 1 is 1.21 bits per heavy atom. The van der Waals surface area contributed by atoms with Crippen LogP contribution in [0.5, 0.6) is 5.75 Å². The number of nitrogens with two attached hydrogens (primary N) is 1. The molecule has 0 saturated carbocycles. The van der Waals surface area contributed by atoms with E-state index < -0.39 is 0 Å². The van der Waals surface area contributed by atoms with E-state index >= 15 is 0 Å². The fourth-order valence-electron chi connectivity index (χ4n) is 2.55. The van der Waals surface area contributed by atoms with Gasteiger partial charge in [0.1, 0.15) is 5.75 Å². The Labute approximate surface area is 115 Å². The minimum Gasteiger partial charge on any atom is -0.508 e. The van der Waals surface area contributed by atoms with Crippen molar-refractivity contribution in [1.82, 2.24) is 9.80 Å². The molecule has 2 rings (SSSR count). The maximum atomic E-state index is 9.48. The van der Waals surface area contributed by atoms with Crippen molar-refractivity contribution < 1.29 is 5.11 Å². The van der Waals surface area contributed by atoms with Gasteiger partial charge in [0.05, 0.1) is 0 Å². The second-order valence-electron chi connectivity index (χ2n) is 5.95. The maximum Gasteiger partial charge on any atom is 0.115 e. The molecule has 0 unspecified atom stereocenters. The highest BCUT2D eigenvalue weighted by Crippen LogP contribution is 2.18. The number of aromatic hydroxyl groups is 1. The van der Waals surface area contributed by atoms with E-state index in [1.807, 2.05) is 12.1 Å². The minimum absolute atomic E-state index is 0.0944. The van der Waals surface area contributed by atoms with Crippen LogP contribution in [0, 0.1) is 0 Å². The zero-order valence-corrected chi connectivity index (χ0v) is 12.0. The lowest BCUT2D eigenvalue weighted by Crippen LogP contribution is -2.57. The molecule has 0 radical (unpaired) electrons. The average Bonchev–Trinajstić information content (AvgIpc) is 2.39. The summed E-state index contributed by atoms with van der Waals surface area (Å²) in [5.41, 5.74) is 7.10. The molecule has 0 amide bonds. The largest absolute Gasteiger partial charge is 0.508 e. The number of hydrogen-bond acceptors (Lipinski definition) is 4. The number of phenolic OH excluding ortho intramolecular Hbond substituents is 1. The van der Waals surface area contributed by atoms with Crippen LogP contribution in [0.4, 0.5) is 0 Å². The van der Waals surface area contributed by atoms with Gasteiger partial charge in [0.2, 0.25) is 0 Å². The van der Waals surface area contributed by atoms with Crippen molar-refractivity contribution in [3.05, 3.63) is 29.8 Å². The summed E-state index contributed by atoms with van der Waals surface area (Å²) in [5, 5.41) is 9.48. The molecular formula is C15H25N3O. The lowest BCUT2D eigenvalue weighted by Gasteiger charge is -2.43. The molecule has 1 fully saturated rings. The van der Waals surface area contributed by atoms with Crippen LogP contribution in [-0.4, -0.2) is 53.2 Å². The van der Waals surface area contributed by atoms with Crippen molar-refractivity contribution in [3.8, 4) is 5.75 Å². The molecule has 4 heteroatoms. The molecule has 1 aliphatic rings. The fraction of sp³-hybridized carbons (Fsp3) is 0.600. The summed E-state index contributed by atoms with van der Waals surface area (Å²) in [6.07, 6.45) is 0. The Morgan fingerprint density at radius 2 is 1.89 bits per heavy atom. The molecule has 1 aromatic rings. The van der Waals surface area contributed by atoms with Gasteiger partial charge in [-0.05, 0) is 31.5 Å². The molecule has 19 heavy (non-hydrogen) atoms. The van der Waals surface area contributed by atoms with Crippen molar-refractivity contribution in [1.29, 1.82) is 0 Å². The van der Waals surface area contributed by atoms with Crippen LogP contribution >= 0.6 is 0 Å². The highest BCUT2D eigenvalue weighted by molar-refractivity contribution is 5.27. The van der Waals surface area contributed by atoms with Crippen molar-refractivity contribution in [3.63, 3.8) is 0 Å². The zero-order valence-electron chi connectivity index (χ0n) is 12.0. The first-order valence-electron chi connectivity index (χ1n) is 6.97. The van der Waals surface area contributed by atoms with Gasteiger partial charge in [-0.15, -0.1) is 0 Å². The Kier molecular flexibility index (Phi) is 4.45. The molecule has 0 spiro atoms. The zero-order chi connectivity index (χ0) is 13.9. The summed E-state index contributed by atoms with van der Waals surface area (Å²) in [6, 6.07) is 7.52. The molecule has 1 aromatic carbocycles. The first-order valence-corrected chi connectivity index (χ1v) is 6.97. The van der Waals surface area contributed by atoms with Crippen molar-refractivity contribution in [2.45, 2.75) is 25.9 Å². The van der Waals surface area contributed by atoms with Gasteiger partial charge in [-0.2, -0.15) is 0 Å². The lowest BCUT2D eigenvalue weighted by atomic mass is 10.0. The van der Waals surface area contributed by atoms with Crippen molar-refractivity contribution in [2.24, 2.45) is 5.73 Å². The normalized spacial score (nSPS) is 18.7. The van der Waals surface area contributed by atoms with Crippen LogP contribution in [0.1, 0.15) is 19.4 Å². The molecule has 3 N–H and O–H groups in total. The predicted molar refractivity (Wildman–Crippen MR) is 78.1 cm³/mol. The number of hydrogen-bond donors (Lipinski definition) is 2. The van der Waals surface area contributed by atoms with Gasteiger partial charge in [-0.1, -0.05) is 12.1 Å². The average molecular weight is 263 g/mol. The summed E-state index contributed by atoms with van der Waals surface area (Å²) >= 11 is 0. The topological polar surface area (TPSA) is 52.7 Å². The number of rotatable bonds is 4. The van der Waals surface area contributed by atoms with Gasteiger partial charge in [-0.25, -0.2) is 0 Å². The Bertz CT molecular complexity index is 412. The van der Waals surface area contributed by atoms with Gasteiger partial charge in [0, 0.05) is 44.8 Å². The van der Waals surface area contributed by atoms with E-state index in [1.54, 1.807) is 6.07 Å². The molecule has 1 aliphatic heterocycles. The number of nitrogens with zero attached hydrogens (tertiary/aromatic N) is 2. The molecule has 106 valence electrons. The molecule has 1 saturated heterocycles.